The summed E-state index contributed by atoms with van der Waals surface area (Å²) in [7, 11) is 1.77. The maximum Gasteiger partial charge on any atom is 0.137 e. The van der Waals surface area contributed by atoms with Gasteiger partial charge in [-0.1, -0.05) is 36.5 Å². The summed E-state index contributed by atoms with van der Waals surface area (Å²) in [5.41, 5.74) is 6.33. The topological polar surface area (TPSA) is 86.1 Å². The van der Waals surface area contributed by atoms with Gasteiger partial charge in [0.25, 0.3) is 0 Å². The second kappa shape index (κ2) is 11.4. The molecule has 1 aliphatic carbocycles. The molecule has 2 N–H and O–H groups in total. The van der Waals surface area contributed by atoms with Crippen molar-refractivity contribution in [2.45, 2.75) is 51.8 Å². The van der Waals surface area contributed by atoms with Gasteiger partial charge in [-0.05, 0) is 68.0 Å². The van der Waals surface area contributed by atoms with E-state index >= 15 is 0 Å². The Balaban J connectivity index is 1.54. The van der Waals surface area contributed by atoms with Gasteiger partial charge in [0.2, 0.25) is 0 Å². The summed E-state index contributed by atoms with van der Waals surface area (Å²) in [6, 6.07) is 14.7. The second-order valence-electron chi connectivity index (χ2n) is 8.82. The summed E-state index contributed by atoms with van der Waals surface area (Å²) in [6.45, 7) is 9.07. The molecule has 7 heteroatoms. The van der Waals surface area contributed by atoms with Crippen molar-refractivity contribution >= 4 is 21.7 Å². The lowest BCUT2D eigenvalue weighted by Gasteiger charge is -2.28. The number of aliphatic imine (C=N–C) groups is 1. The van der Waals surface area contributed by atoms with E-state index in [1.807, 2.05) is 38.2 Å². The van der Waals surface area contributed by atoms with Crippen molar-refractivity contribution in [3.8, 4) is 11.8 Å². The van der Waals surface area contributed by atoms with Gasteiger partial charge in [-0.2, -0.15) is 5.26 Å². The van der Waals surface area contributed by atoms with Gasteiger partial charge in [0, 0.05) is 42.0 Å². The van der Waals surface area contributed by atoms with E-state index in [1.165, 1.54) is 16.7 Å². The Morgan fingerprint density at radius 1 is 1.37 bits per heavy atom. The first kappa shape index (κ1) is 24.8. The number of hydrogen-bond donors (Lipinski definition) is 2. The maximum absolute atomic E-state index is 9.63. The molecule has 0 spiro atoms. The molecular weight excluding hydrogens is 454 g/mol. The minimum absolute atomic E-state index is 0.00322. The number of aromatic amines is 1. The molecule has 0 bridgehead atoms. The van der Waals surface area contributed by atoms with E-state index < -0.39 is 0 Å². The minimum Gasteiger partial charge on any atom is -0.490 e. The summed E-state index contributed by atoms with van der Waals surface area (Å²) >= 11 is 1.55. The highest BCUT2D eigenvalue weighted by Crippen LogP contribution is 2.39. The van der Waals surface area contributed by atoms with Crippen molar-refractivity contribution < 1.29 is 4.74 Å². The molecule has 4 rings (SSSR count). The number of thioether (sulfide) groups is 1. The molecule has 0 saturated carbocycles. The number of nitriles is 1. The van der Waals surface area contributed by atoms with Crippen molar-refractivity contribution in [3.63, 3.8) is 0 Å². The first-order valence-corrected chi connectivity index (χ1v) is 12.7. The van der Waals surface area contributed by atoms with Crippen LogP contribution in [-0.4, -0.2) is 28.2 Å². The molecule has 0 radical (unpaired) electrons. The van der Waals surface area contributed by atoms with Crippen molar-refractivity contribution in [2.24, 2.45) is 4.99 Å². The molecule has 1 aliphatic rings. The summed E-state index contributed by atoms with van der Waals surface area (Å²) in [4.78, 5) is 12.8. The van der Waals surface area contributed by atoms with Crippen LogP contribution in [0.15, 0.2) is 60.5 Å². The number of imidazole rings is 1. The van der Waals surface area contributed by atoms with E-state index in [2.05, 4.69) is 51.1 Å². The van der Waals surface area contributed by atoms with Crippen LogP contribution in [0.3, 0.4) is 0 Å². The number of aromatic nitrogens is 2. The van der Waals surface area contributed by atoms with E-state index in [0.29, 0.717) is 17.4 Å². The van der Waals surface area contributed by atoms with Crippen LogP contribution < -0.4 is 10.1 Å². The first-order chi connectivity index (χ1) is 17.0. The summed E-state index contributed by atoms with van der Waals surface area (Å²) in [6.07, 6.45) is 6.84. The van der Waals surface area contributed by atoms with Gasteiger partial charge in [0.1, 0.15) is 16.9 Å². The van der Waals surface area contributed by atoms with Gasteiger partial charge in [0.15, 0.2) is 0 Å². The lowest BCUT2D eigenvalue weighted by Crippen LogP contribution is -2.25. The number of benzene rings is 2. The number of ether oxygens (including phenoxy) is 1. The van der Waals surface area contributed by atoms with E-state index in [9.17, 15) is 5.26 Å². The molecule has 0 aliphatic heterocycles. The quantitative estimate of drug-likeness (QED) is 0.301. The van der Waals surface area contributed by atoms with Gasteiger partial charge in [-0.15, -0.1) is 0 Å². The SMILES string of the molecule is C=C(SC(=NC)c1ccc(OC(C)C)c(C#N)c1)c1cccc2c1CCCC2NCc1cnc[nH]1. The third-order valence-electron chi connectivity index (χ3n) is 6.03. The molecule has 0 saturated heterocycles. The van der Waals surface area contributed by atoms with Crippen LogP contribution in [0.1, 0.15) is 66.2 Å². The van der Waals surface area contributed by atoms with Gasteiger partial charge >= 0.3 is 0 Å². The van der Waals surface area contributed by atoms with Crippen LogP contribution in [0.4, 0.5) is 0 Å². The van der Waals surface area contributed by atoms with Crippen molar-refractivity contribution in [1.82, 2.24) is 15.3 Å². The molecule has 1 atom stereocenters. The Morgan fingerprint density at radius 2 is 2.23 bits per heavy atom. The molecule has 3 aromatic rings. The van der Waals surface area contributed by atoms with Crippen molar-refractivity contribution in [3.05, 3.63) is 89.0 Å². The molecule has 1 unspecified atom stereocenters. The van der Waals surface area contributed by atoms with E-state index in [-0.39, 0.29) is 6.10 Å². The number of hydrogen-bond acceptors (Lipinski definition) is 6. The van der Waals surface area contributed by atoms with E-state index in [4.69, 9.17) is 4.74 Å². The predicted molar refractivity (Wildman–Crippen MR) is 144 cm³/mol. The Morgan fingerprint density at radius 3 is 2.94 bits per heavy atom. The molecule has 1 heterocycles. The van der Waals surface area contributed by atoms with Gasteiger partial charge in [0.05, 0.1) is 18.0 Å². The highest BCUT2D eigenvalue weighted by Gasteiger charge is 2.23. The van der Waals surface area contributed by atoms with Crippen LogP contribution in [0.25, 0.3) is 4.91 Å². The average molecular weight is 486 g/mol. The molecule has 0 fully saturated rings. The Kier molecular flexibility index (Phi) is 8.06. The van der Waals surface area contributed by atoms with Crippen molar-refractivity contribution in [2.75, 3.05) is 7.05 Å². The molecule has 2 aromatic carbocycles. The Hall–Kier alpha value is -3.34. The summed E-state index contributed by atoms with van der Waals surface area (Å²) in [5.74, 6) is 0.594. The van der Waals surface area contributed by atoms with Gasteiger partial charge in [-0.25, -0.2) is 4.98 Å². The summed E-state index contributed by atoms with van der Waals surface area (Å²) < 4.78 is 5.77. The van der Waals surface area contributed by atoms with Gasteiger partial charge in [-0.3, -0.25) is 4.99 Å². The maximum atomic E-state index is 9.63. The lowest BCUT2D eigenvalue weighted by atomic mass is 9.84. The number of rotatable bonds is 8. The third kappa shape index (κ3) is 5.84. The molecule has 180 valence electrons. The van der Waals surface area contributed by atoms with Crippen LogP contribution in [0.5, 0.6) is 5.75 Å². The smallest absolute Gasteiger partial charge is 0.137 e. The highest BCUT2D eigenvalue weighted by molar-refractivity contribution is 8.22. The zero-order valence-electron chi connectivity index (χ0n) is 20.5. The van der Waals surface area contributed by atoms with Crippen LogP contribution in [0, 0.1) is 11.3 Å². The first-order valence-electron chi connectivity index (χ1n) is 11.9. The van der Waals surface area contributed by atoms with Crippen LogP contribution in [0.2, 0.25) is 0 Å². The van der Waals surface area contributed by atoms with Crippen molar-refractivity contribution in [1.29, 1.82) is 5.26 Å². The molecule has 1 aromatic heterocycles. The Bertz CT molecular complexity index is 1260. The second-order valence-corrected chi connectivity index (χ2v) is 9.90. The monoisotopic (exact) mass is 485 g/mol. The lowest BCUT2D eigenvalue weighted by molar-refractivity contribution is 0.241. The molecule has 6 nitrogen and oxygen atoms in total. The Labute approximate surface area is 211 Å². The summed E-state index contributed by atoms with van der Waals surface area (Å²) in [5, 5.41) is 14.1. The largest absolute Gasteiger partial charge is 0.490 e. The number of nitrogens with one attached hydrogen (secondary N) is 2. The highest BCUT2D eigenvalue weighted by atomic mass is 32.2. The third-order valence-corrected chi connectivity index (χ3v) is 7.11. The van der Waals surface area contributed by atoms with E-state index in [0.717, 1.165) is 47.0 Å². The molecule has 0 amide bonds. The number of fused-ring (bicyclic) bond motifs is 1. The van der Waals surface area contributed by atoms with Crippen LogP contribution >= 0.6 is 11.8 Å². The van der Waals surface area contributed by atoms with E-state index in [1.54, 1.807) is 25.1 Å². The number of nitrogens with zero attached hydrogens (tertiary/aromatic N) is 3. The van der Waals surface area contributed by atoms with Crippen LogP contribution in [-0.2, 0) is 13.0 Å². The standard InChI is InChI=1S/C28H31N5OS/c1-18(2)34-27-12-11-20(13-21(27)14-29)28(30-4)35-19(3)23-7-5-9-25-24(23)8-6-10-26(25)32-16-22-15-31-17-33-22/h5,7,9,11-13,15,17-18,26,32H,3,6,8,10,16H2,1-2,4H3,(H,31,33). The zero-order chi connectivity index (χ0) is 24.8. The fourth-order valence-electron chi connectivity index (χ4n) is 4.45. The minimum atomic E-state index is 0.00322. The fourth-order valence-corrected chi connectivity index (χ4v) is 5.32. The predicted octanol–water partition coefficient (Wildman–Crippen LogP) is 6.02. The van der Waals surface area contributed by atoms with Gasteiger partial charge < -0.3 is 15.0 Å². The molecule has 35 heavy (non-hydrogen) atoms. The average Bonchev–Trinajstić information content (AvgIpc) is 3.39. The number of H-pyrrole nitrogens is 1. The normalized spacial score (nSPS) is 15.5. The molecular formula is C28H31N5OS. The zero-order valence-corrected chi connectivity index (χ0v) is 21.3. The fraction of sp³-hybridized carbons (Fsp3) is 0.321.